The van der Waals surface area contributed by atoms with E-state index in [1.165, 1.54) is 0 Å². The van der Waals surface area contributed by atoms with Gasteiger partial charge in [0.25, 0.3) is 0 Å². The number of rotatable bonds is 0. The van der Waals surface area contributed by atoms with E-state index < -0.39 is 10.4 Å². The third-order valence-corrected chi connectivity index (χ3v) is 0. The first kappa shape index (κ1) is 15.9. The molecule has 0 saturated carbocycles. The molecule has 0 spiro atoms. The minimum Gasteiger partial charge on any atom is -1.00 e. The van der Waals surface area contributed by atoms with Crippen molar-refractivity contribution in [3.63, 3.8) is 0 Å². The minimum absolute atomic E-state index is 0. The quantitative estimate of drug-likeness (QED) is 0.451. The van der Waals surface area contributed by atoms with E-state index in [0.29, 0.717) is 0 Å². The summed E-state index contributed by atoms with van der Waals surface area (Å²) in [4.78, 5) is 0. The van der Waals surface area contributed by atoms with Crippen molar-refractivity contribution < 1.29 is 20.4 Å². The maximum Gasteiger partial charge on any atom is 2.00 e. The summed E-state index contributed by atoms with van der Waals surface area (Å²) in [5.41, 5.74) is 0. The molecule has 0 bridgehead atoms. The SMILES string of the molecule is O=S(=O)(O)O.S.[Ba+2].[H-].[H-]. The van der Waals surface area contributed by atoms with Crippen molar-refractivity contribution in [1.29, 1.82) is 0 Å². The molecule has 0 radical (unpaired) electrons. The molecule has 0 atom stereocenters. The summed E-state index contributed by atoms with van der Waals surface area (Å²) in [6, 6.07) is 0. The smallest absolute Gasteiger partial charge is 1.00 e. The van der Waals surface area contributed by atoms with Crippen LogP contribution in [-0.4, -0.2) is 66.4 Å². The van der Waals surface area contributed by atoms with E-state index in [-0.39, 0.29) is 65.2 Å². The molecule has 0 aromatic rings. The Labute approximate surface area is 91.7 Å². The van der Waals surface area contributed by atoms with Crippen LogP contribution in [0.25, 0.3) is 0 Å². The molecule has 0 saturated heterocycles. The van der Waals surface area contributed by atoms with Gasteiger partial charge in [-0.15, -0.1) is 0 Å². The van der Waals surface area contributed by atoms with E-state index in [9.17, 15) is 0 Å². The van der Waals surface area contributed by atoms with Crippen LogP contribution in [0.3, 0.4) is 0 Å². The third kappa shape index (κ3) is 81.4. The van der Waals surface area contributed by atoms with Crippen LogP contribution in [-0.2, 0) is 10.4 Å². The van der Waals surface area contributed by atoms with E-state index >= 15 is 0 Å². The average molecular weight is 272 g/mol. The topological polar surface area (TPSA) is 74.6 Å². The molecule has 7 heavy (non-hydrogen) atoms. The van der Waals surface area contributed by atoms with Crippen molar-refractivity contribution in [1.82, 2.24) is 0 Å². The van der Waals surface area contributed by atoms with Crippen LogP contribution in [0.5, 0.6) is 0 Å². The van der Waals surface area contributed by atoms with Gasteiger partial charge in [0.05, 0.1) is 0 Å². The Balaban J connectivity index is -0.0000000133. The predicted octanol–water partition coefficient (Wildman–Crippen LogP) is -0.696. The Hall–Kier alpha value is 1.79. The van der Waals surface area contributed by atoms with Crippen molar-refractivity contribution in [2.75, 3.05) is 0 Å². The fourth-order valence-electron chi connectivity index (χ4n) is 0. The van der Waals surface area contributed by atoms with Gasteiger partial charge in [-0.25, -0.2) is 0 Å². The Morgan fingerprint density at radius 2 is 1.29 bits per heavy atom. The fourth-order valence-corrected chi connectivity index (χ4v) is 0. The van der Waals surface area contributed by atoms with Crippen LogP contribution in [0, 0.1) is 0 Å². The Bertz CT molecular complexity index is 99.7. The molecule has 7 heteroatoms. The van der Waals surface area contributed by atoms with Crippen LogP contribution in [0.1, 0.15) is 2.85 Å². The van der Waals surface area contributed by atoms with Crippen molar-refractivity contribution >= 4 is 72.8 Å². The van der Waals surface area contributed by atoms with Crippen LogP contribution in [0.15, 0.2) is 0 Å². The van der Waals surface area contributed by atoms with E-state index in [0.717, 1.165) is 0 Å². The van der Waals surface area contributed by atoms with Crippen molar-refractivity contribution in [2.24, 2.45) is 0 Å². The molecule has 0 aromatic heterocycles. The monoisotopic (exact) mass is 272 g/mol. The van der Waals surface area contributed by atoms with Crippen LogP contribution in [0.2, 0.25) is 0 Å². The summed E-state index contributed by atoms with van der Waals surface area (Å²) in [6.45, 7) is 0. The van der Waals surface area contributed by atoms with Crippen LogP contribution in [0.4, 0.5) is 0 Å². The van der Waals surface area contributed by atoms with Crippen LogP contribution >= 0.6 is 13.5 Å². The summed E-state index contributed by atoms with van der Waals surface area (Å²) in [7, 11) is -4.67. The zero-order valence-corrected chi connectivity index (χ0v) is 9.58. The van der Waals surface area contributed by atoms with E-state index in [1.807, 2.05) is 0 Å². The second kappa shape index (κ2) is 5.92. The summed E-state index contributed by atoms with van der Waals surface area (Å²) < 4.78 is 31.6. The molecule has 44 valence electrons. The van der Waals surface area contributed by atoms with Crippen molar-refractivity contribution in [3.8, 4) is 0 Å². The zero-order valence-electron chi connectivity index (χ0n) is 5.33. The molecule has 2 N–H and O–H groups in total. The first-order valence-corrected chi connectivity index (χ1v) is 2.10. The molecule has 4 nitrogen and oxygen atoms in total. The Kier molecular flexibility index (Phi) is 13.5. The van der Waals surface area contributed by atoms with Gasteiger partial charge < -0.3 is 2.85 Å². The summed E-state index contributed by atoms with van der Waals surface area (Å²) in [5.74, 6) is 0. The van der Waals surface area contributed by atoms with E-state index in [2.05, 4.69) is 0 Å². The van der Waals surface area contributed by atoms with Gasteiger partial charge in [0.15, 0.2) is 0 Å². The van der Waals surface area contributed by atoms with Gasteiger partial charge >= 0.3 is 59.3 Å². The minimum atomic E-state index is -4.67. The van der Waals surface area contributed by atoms with E-state index in [4.69, 9.17) is 17.5 Å². The first-order valence-electron chi connectivity index (χ1n) is 0.698. The molecule has 0 amide bonds. The molecule has 0 aliphatic rings. The summed E-state index contributed by atoms with van der Waals surface area (Å²) >= 11 is 0. The first-order chi connectivity index (χ1) is 2.00. The number of hydrogen-bond acceptors (Lipinski definition) is 2. The third-order valence-electron chi connectivity index (χ3n) is 0. The fraction of sp³-hybridized carbons (Fsp3) is 0. The molecule has 0 aliphatic heterocycles. The predicted molar refractivity (Wildman–Crippen MR) is 32.5 cm³/mol. The standard InChI is InChI=1S/Ba.H2O4S.H2S.2H/c;1-5(2,3)4;;;/h;(H2,1,2,3,4);1H2;;/q+2;;;2*-1. The van der Waals surface area contributed by atoms with Gasteiger partial charge in [0.1, 0.15) is 0 Å². The molecular formula is H6BaO4S2. The Morgan fingerprint density at radius 3 is 1.29 bits per heavy atom. The summed E-state index contributed by atoms with van der Waals surface area (Å²) in [5, 5.41) is 0. The van der Waals surface area contributed by atoms with Gasteiger partial charge in [0, 0.05) is 0 Å². The van der Waals surface area contributed by atoms with Gasteiger partial charge in [-0.2, -0.15) is 21.9 Å². The molecule has 0 aromatic carbocycles. The van der Waals surface area contributed by atoms with Gasteiger partial charge in [-0.05, 0) is 0 Å². The van der Waals surface area contributed by atoms with Crippen molar-refractivity contribution in [3.05, 3.63) is 0 Å². The van der Waals surface area contributed by atoms with E-state index in [1.54, 1.807) is 0 Å². The van der Waals surface area contributed by atoms with Gasteiger partial charge in [-0.3, -0.25) is 9.11 Å². The average Bonchev–Trinajstić information content (AvgIpc) is 0.722. The van der Waals surface area contributed by atoms with Crippen molar-refractivity contribution in [2.45, 2.75) is 0 Å². The largest absolute Gasteiger partial charge is 2.00 e. The van der Waals surface area contributed by atoms with Gasteiger partial charge in [0.2, 0.25) is 0 Å². The molecule has 0 aliphatic carbocycles. The molecule has 0 unspecified atom stereocenters. The maximum absolute atomic E-state index is 8.74. The molecule has 0 heterocycles. The maximum atomic E-state index is 8.74. The van der Waals surface area contributed by atoms with Crippen LogP contribution < -0.4 is 0 Å². The summed E-state index contributed by atoms with van der Waals surface area (Å²) in [6.07, 6.45) is 0. The second-order valence-corrected chi connectivity index (χ2v) is 1.34. The molecular weight excluding hydrogens is 265 g/mol. The normalized spacial score (nSPS) is 8.29. The van der Waals surface area contributed by atoms with Gasteiger partial charge in [-0.1, -0.05) is 0 Å². The second-order valence-electron chi connectivity index (χ2n) is 0.448. The number of hydrogen-bond donors (Lipinski definition) is 2. The molecule has 0 rings (SSSR count). The Morgan fingerprint density at radius 1 is 1.29 bits per heavy atom. The molecule has 0 fully saturated rings. The zero-order chi connectivity index (χ0) is 4.50.